The van der Waals surface area contributed by atoms with Crippen molar-refractivity contribution in [3.63, 3.8) is 0 Å². The van der Waals surface area contributed by atoms with Crippen LogP contribution in [-0.4, -0.2) is 28.0 Å². The first-order chi connectivity index (χ1) is 11.3. The average molecular weight is 330 g/mol. The first-order valence-electron chi connectivity index (χ1n) is 8.26. The monoisotopic (exact) mass is 329 g/mol. The Morgan fingerprint density at radius 3 is 2.78 bits per heavy atom. The molecule has 1 aliphatic heterocycles. The third-order valence-electron chi connectivity index (χ3n) is 4.37. The molecule has 1 N–H and O–H groups in total. The van der Waals surface area contributed by atoms with Crippen LogP contribution < -0.4 is 10.2 Å². The minimum Gasteiger partial charge on any atom is -0.366 e. The van der Waals surface area contributed by atoms with Crippen LogP contribution in [0.25, 0.3) is 0 Å². The van der Waals surface area contributed by atoms with Gasteiger partial charge in [-0.3, -0.25) is 0 Å². The van der Waals surface area contributed by atoms with Crippen molar-refractivity contribution < 1.29 is 0 Å². The fraction of sp³-hybridized carbons (Fsp3) is 0.471. The van der Waals surface area contributed by atoms with Gasteiger partial charge in [-0.05, 0) is 43.4 Å². The van der Waals surface area contributed by atoms with Crippen molar-refractivity contribution in [3.8, 4) is 0 Å². The van der Waals surface area contributed by atoms with Crippen molar-refractivity contribution in [2.75, 3.05) is 23.3 Å². The zero-order valence-corrected chi connectivity index (χ0v) is 13.8. The van der Waals surface area contributed by atoms with Gasteiger partial charge in [0.25, 0.3) is 0 Å². The number of pyridine rings is 1. The van der Waals surface area contributed by atoms with E-state index in [-0.39, 0.29) is 0 Å². The third-order valence-corrected chi connectivity index (χ3v) is 4.56. The molecule has 2 aromatic rings. The molecular weight excluding hydrogens is 310 g/mol. The molecule has 4 rings (SSSR count). The van der Waals surface area contributed by atoms with Crippen LogP contribution in [0.3, 0.4) is 0 Å². The first-order valence-corrected chi connectivity index (χ1v) is 8.64. The van der Waals surface area contributed by atoms with Gasteiger partial charge in [0.2, 0.25) is 0 Å². The molecule has 1 saturated carbocycles. The molecule has 23 heavy (non-hydrogen) atoms. The number of hydrogen-bond donors (Lipinski definition) is 1. The molecule has 0 radical (unpaired) electrons. The highest BCUT2D eigenvalue weighted by Gasteiger charge is 2.27. The van der Waals surface area contributed by atoms with Gasteiger partial charge in [0.15, 0.2) is 0 Å². The summed E-state index contributed by atoms with van der Waals surface area (Å²) in [5.74, 6) is 3.23. The van der Waals surface area contributed by atoms with Crippen molar-refractivity contribution >= 4 is 23.2 Å². The lowest BCUT2D eigenvalue weighted by molar-refractivity contribution is 0.917. The van der Waals surface area contributed by atoms with Crippen molar-refractivity contribution in [3.05, 3.63) is 40.9 Å². The average Bonchev–Trinajstić information content (AvgIpc) is 3.27. The van der Waals surface area contributed by atoms with Crippen LogP contribution in [0.15, 0.2) is 24.4 Å². The van der Waals surface area contributed by atoms with Gasteiger partial charge < -0.3 is 10.2 Å². The Bertz CT molecular complexity index is 695. The maximum atomic E-state index is 6.11. The van der Waals surface area contributed by atoms with Gasteiger partial charge >= 0.3 is 0 Å². The Morgan fingerprint density at radius 1 is 1.17 bits per heavy atom. The molecular formula is C17H20ClN5. The summed E-state index contributed by atoms with van der Waals surface area (Å²) < 4.78 is 0. The second-order valence-corrected chi connectivity index (χ2v) is 6.67. The zero-order valence-electron chi connectivity index (χ0n) is 13.0. The number of nitrogens with one attached hydrogen (secondary N) is 1. The molecule has 0 spiro atoms. The SMILES string of the molecule is Clc1cc(NCc2ccnc(N3CCCC3)c2)nc(C2CC2)n1. The maximum Gasteiger partial charge on any atom is 0.135 e. The van der Waals surface area contributed by atoms with Gasteiger partial charge in [0.1, 0.15) is 22.6 Å². The smallest absolute Gasteiger partial charge is 0.135 e. The maximum absolute atomic E-state index is 6.11. The minimum atomic E-state index is 0.497. The lowest BCUT2D eigenvalue weighted by atomic mass is 10.2. The molecule has 0 atom stereocenters. The zero-order chi connectivity index (χ0) is 15.6. The molecule has 2 aliphatic rings. The van der Waals surface area contributed by atoms with Gasteiger partial charge in [-0.25, -0.2) is 15.0 Å². The highest BCUT2D eigenvalue weighted by atomic mass is 35.5. The number of rotatable bonds is 5. The summed E-state index contributed by atoms with van der Waals surface area (Å²) in [4.78, 5) is 15.7. The molecule has 1 aliphatic carbocycles. The van der Waals surface area contributed by atoms with Gasteiger partial charge in [0, 0.05) is 37.8 Å². The van der Waals surface area contributed by atoms with Crippen LogP contribution in [0.4, 0.5) is 11.6 Å². The Hall–Kier alpha value is -1.88. The molecule has 120 valence electrons. The molecule has 6 heteroatoms. The van der Waals surface area contributed by atoms with E-state index in [4.69, 9.17) is 11.6 Å². The summed E-state index contributed by atoms with van der Waals surface area (Å²) >= 11 is 6.11. The van der Waals surface area contributed by atoms with Crippen LogP contribution >= 0.6 is 11.6 Å². The van der Waals surface area contributed by atoms with E-state index in [1.54, 1.807) is 6.07 Å². The number of halogens is 1. The Balaban J connectivity index is 1.45. The second kappa shape index (κ2) is 6.32. The van der Waals surface area contributed by atoms with Crippen LogP contribution in [0.1, 0.15) is 43.0 Å². The number of hydrogen-bond acceptors (Lipinski definition) is 5. The van der Waals surface area contributed by atoms with Gasteiger partial charge in [-0.15, -0.1) is 0 Å². The fourth-order valence-electron chi connectivity index (χ4n) is 2.93. The van der Waals surface area contributed by atoms with Gasteiger partial charge in [-0.2, -0.15) is 0 Å². The summed E-state index contributed by atoms with van der Waals surface area (Å²) in [6.07, 6.45) is 6.74. The Kier molecular flexibility index (Phi) is 4.04. The van der Waals surface area contributed by atoms with E-state index in [0.29, 0.717) is 17.6 Å². The van der Waals surface area contributed by atoms with Gasteiger partial charge in [-0.1, -0.05) is 11.6 Å². The van der Waals surface area contributed by atoms with Crippen LogP contribution in [0.5, 0.6) is 0 Å². The molecule has 0 aromatic carbocycles. The van der Waals surface area contributed by atoms with E-state index in [1.165, 1.54) is 31.2 Å². The highest BCUT2D eigenvalue weighted by molar-refractivity contribution is 6.29. The molecule has 1 saturated heterocycles. The molecule has 2 aromatic heterocycles. The fourth-order valence-corrected chi connectivity index (χ4v) is 3.12. The predicted octanol–water partition coefficient (Wildman–Crippen LogP) is 3.61. The van der Waals surface area contributed by atoms with Crippen LogP contribution in [0.2, 0.25) is 5.15 Å². The molecule has 5 nitrogen and oxygen atoms in total. The lowest BCUT2D eigenvalue weighted by Crippen LogP contribution is -2.19. The number of anilines is 2. The van der Waals surface area contributed by atoms with E-state index in [9.17, 15) is 0 Å². The van der Waals surface area contributed by atoms with Crippen molar-refractivity contribution in [2.45, 2.75) is 38.1 Å². The van der Waals surface area contributed by atoms with E-state index < -0.39 is 0 Å². The number of nitrogens with zero attached hydrogens (tertiary/aromatic N) is 4. The molecule has 2 fully saturated rings. The lowest BCUT2D eigenvalue weighted by Gasteiger charge is -2.17. The standard InChI is InChI=1S/C17H20ClN5/c18-14-10-15(22-17(21-14)13-3-4-13)20-11-12-5-6-19-16(9-12)23-7-1-2-8-23/h5-6,9-10,13H,1-4,7-8,11H2,(H,20,21,22). The van der Waals surface area contributed by atoms with E-state index >= 15 is 0 Å². The van der Waals surface area contributed by atoms with Crippen LogP contribution in [-0.2, 0) is 6.54 Å². The normalized spacial score (nSPS) is 17.5. The number of aromatic nitrogens is 3. The van der Waals surface area contributed by atoms with Crippen molar-refractivity contribution in [1.82, 2.24) is 15.0 Å². The molecule has 0 unspecified atom stereocenters. The predicted molar refractivity (Wildman–Crippen MR) is 92.0 cm³/mol. The Morgan fingerprint density at radius 2 is 2.00 bits per heavy atom. The first kappa shape index (κ1) is 14.7. The summed E-state index contributed by atoms with van der Waals surface area (Å²) in [6, 6.07) is 5.98. The largest absolute Gasteiger partial charge is 0.366 e. The summed E-state index contributed by atoms with van der Waals surface area (Å²) in [5.41, 5.74) is 1.20. The third kappa shape index (κ3) is 3.55. The summed E-state index contributed by atoms with van der Waals surface area (Å²) in [6.45, 7) is 2.92. The van der Waals surface area contributed by atoms with Crippen molar-refractivity contribution in [2.24, 2.45) is 0 Å². The quantitative estimate of drug-likeness (QED) is 0.849. The van der Waals surface area contributed by atoms with Crippen molar-refractivity contribution in [1.29, 1.82) is 0 Å². The van der Waals surface area contributed by atoms with Gasteiger partial charge in [0.05, 0.1) is 0 Å². The Labute approximate surface area is 141 Å². The van der Waals surface area contributed by atoms with E-state index in [1.807, 2.05) is 12.3 Å². The highest BCUT2D eigenvalue weighted by Crippen LogP contribution is 2.38. The summed E-state index contributed by atoms with van der Waals surface area (Å²) in [7, 11) is 0. The molecule has 0 amide bonds. The molecule has 0 bridgehead atoms. The van der Waals surface area contributed by atoms with E-state index in [2.05, 4.69) is 31.2 Å². The van der Waals surface area contributed by atoms with Crippen LogP contribution in [0, 0.1) is 0 Å². The minimum absolute atomic E-state index is 0.497. The molecule has 3 heterocycles. The topological polar surface area (TPSA) is 53.9 Å². The second-order valence-electron chi connectivity index (χ2n) is 6.28. The van der Waals surface area contributed by atoms with E-state index in [0.717, 1.165) is 30.5 Å². The summed E-state index contributed by atoms with van der Waals surface area (Å²) in [5, 5.41) is 3.87.